The number of amides is 1. The van der Waals surface area contributed by atoms with Gasteiger partial charge in [-0.15, -0.1) is 0 Å². The molecule has 1 heterocycles. The lowest BCUT2D eigenvalue weighted by atomic mass is 10.1. The predicted molar refractivity (Wildman–Crippen MR) is 95.7 cm³/mol. The molecule has 0 aliphatic rings. The van der Waals surface area contributed by atoms with Crippen LogP contribution in [0, 0.1) is 6.92 Å². The Morgan fingerprint density at radius 1 is 1.12 bits per heavy atom. The lowest BCUT2D eigenvalue weighted by Crippen LogP contribution is -2.26. The molecule has 5 nitrogen and oxygen atoms in total. The largest absolute Gasteiger partial charge is 0.496 e. The van der Waals surface area contributed by atoms with Crippen molar-refractivity contribution in [2.45, 2.75) is 13.3 Å². The first-order valence-electron chi connectivity index (χ1n) is 8.12. The lowest BCUT2D eigenvalue weighted by Gasteiger charge is -2.08. The molecule has 0 bridgehead atoms. The average Bonchev–Trinajstić information content (AvgIpc) is 3.03. The van der Waals surface area contributed by atoms with Gasteiger partial charge < -0.3 is 14.5 Å². The molecule has 0 saturated carbocycles. The Morgan fingerprint density at radius 3 is 2.60 bits per heavy atom. The van der Waals surface area contributed by atoms with Gasteiger partial charge in [0.15, 0.2) is 5.89 Å². The second-order valence-electron chi connectivity index (χ2n) is 5.58. The van der Waals surface area contributed by atoms with Crippen molar-refractivity contribution in [2.75, 3.05) is 13.7 Å². The topological polar surface area (TPSA) is 64.4 Å². The van der Waals surface area contributed by atoms with E-state index in [9.17, 15) is 4.79 Å². The maximum atomic E-state index is 12.3. The van der Waals surface area contributed by atoms with E-state index in [1.54, 1.807) is 19.2 Å². The van der Waals surface area contributed by atoms with Gasteiger partial charge in [-0.25, -0.2) is 4.98 Å². The van der Waals surface area contributed by atoms with Crippen LogP contribution in [0.1, 0.15) is 22.0 Å². The number of oxazole rings is 1. The van der Waals surface area contributed by atoms with E-state index in [1.165, 1.54) is 0 Å². The van der Waals surface area contributed by atoms with E-state index in [2.05, 4.69) is 10.3 Å². The number of benzene rings is 2. The van der Waals surface area contributed by atoms with Crippen LogP contribution in [0.2, 0.25) is 0 Å². The highest BCUT2D eigenvalue weighted by Gasteiger charge is 2.15. The number of nitrogens with one attached hydrogen (secondary N) is 1. The van der Waals surface area contributed by atoms with Crippen LogP contribution >= 0.6 is 0 Å². The van der Waals surface area contributed by atoms with Crippen molar-refractivity contribution >= 4 is 5.91 Å². The first kappa shape index (κ1) is 16.8. The fourth-order valence-electron chi connectivity index (χ4n) is 2.68. The van der Waals surface area contributed by atoms with E-state index in [4.69, 9.17) is 9.15 Å². The highest BCUT2D eigenvalue weighted by molar-refractivity contribution is 5.96. The van der Waals surface area contributed by atoms with Crippen molar-refractivity contribution in [2.24, 2.45) is 0 Å². The highest BCUT2D eigenvalue weighted by Crippen LogP contribution is 2.24. The van der Waals surface area contributed by atoms with Crippen LogP contribution in [-0.4, -0.2) is 24.5 Å². The van der Waals surface area contributed by atoms with Crippen LogP contribution in [-0.2, 0) is 6.42 Å². The molecule has 3 rings (SSSR count). The molecule has 1 aromatic heterocycles. The van der Waals surface area contributed by atoms with Gasteiger partial charge in [-0.3, -0.25) is 4.79 Å². The molecule has 1 amide bonds. The van der Waals surface area contributed by atoms with E-state index < -0.39 is 0 Å². The SMILES string of the molecule is COc1ccccc1C(=O)NCCc1oc(C)nc1-c1ccccc1. The Bertz CT molecular complexity index is 856. The minimum absolute atomic E-state index is 0.171. The third-order valence-corrected chi connectivity index (χ3v) is 3.84. The monoisotopic (exact) mass is 336 g/mol. The summed E-state index contributed by atoms with van der Waals surface area (Å²) in [6.45, 7) is 2.27. The van der Waals surface area contributed by atoms with Crippen molar-refractivity contribution in [3.05, 3.63) is 71.8 Å². The number of ether oxygens (including phenoxy) is 1. The zero-order valence-electron chi connectivity index (χ0n) is 14.3. The maximum Gasteiger partial charge on any atom is 0.255 e. The first-order valence-corrected chi connectivity index (χ1v) is 8.12. The summed E-state index contributed by atoms with van der Waals surface area (Å²) in [7, 11) is 1.55. The molecule has 0 aliphatic carbocycles. The van der Waals surface area contributed by atoms with Gasteiger partial charge >= 0.3 is 0 Å². The normalized spacial score (nSPS) is 10.5. The van der Waals surface area contributed by atoms with Crippen LogP contribution in [0.15, 0.2) is 59.0 Å². The maximum absolute atomic E-state index is 12.3. The molecule has 1 N–H and O–H groups in total. The minimum atomic E-state index is -0.171. The molecule has 128 valence electrons. The molecule has 0 fully saturated rings. The summed E-state index contributed by atoms with van der Waals surface area (Å²) in [4.78, 5) is 16.8. The Kier molecular flexibility index (Phi) is 5.14. The minimum Gasteiger partial charge on any atom is -0.496 e. The Labute approximate surface area is 146 Å². The Morgan fingerprint density at radius 2 is 1.84 bits per heavy atom. The van der Waals surface area contributed by atoms with Gasteiger partial charge in [-0.05, 0) is 12.1 Å². The zero-order chi connectivity index (χ0) is 17.6. The molecule has 0 spiro atoms. The summed E-state index contributed by atoms with van der Waals surface area (Å²) in [5.74, 6) is 1.77. The summed E-state index contributed by atoms with van der Waals surface area (Å²) < 4.78 is 10.9. The lowest BCUT2D eigenvalue weighted by molar-refractivity contribution is 0.0950. The summed E-state index contributed by atoms with van der Waals surface area (Å²) >= 11 is 0. The summed E-state index contributed by atoms with van der Waals surface area (Å²) in [5, 5.41) is 2.90. The summed E-state index contributed by atoms with van der Waals surface area (Å²) in [5.41, 5.74) is 2.34. The van der Waals surface area contributed by atoms with Crippen molar-refractivity contribution in [3.8, 4) is 17.0 Å². The van der Waals surface area contributed by atoms with Crippen LogP contribution in [0.3, 0.4) is 0 Å². The van der Waals surface area contributed by atoms with E-state index in [1.807, 2.05) is 49.4 Å². The molecular formula is C20H20N2O3. The third kappa shape index (κ3) is 3.88. The van der Waals surface area contributed by atoms with Gasteiger partial charge in [-0.2, -0.15) is 0 Å². The molecule has 0 atom stereocenters. The van der Waals surface area contributed by atoms with Crippen molar-refractivity contribution < 1.29 is 13.9 Å². The zero-order valence-corrected chi connectivity index (χ0v) is 14.3. The number of hydrogen-bond donors (Lipinski definition) is 1. The molecule has 5 heteroatoms. The van der Waals surface area contributed by atoms with Gasteiger partial charge in [0, 0.05) is 25.5 Å². The predicted octanol–water partition coefficient (Wildman–Crippen LogP) is 3.63. The molecule has 0 aliphatic heterocycles. The van der Waals surface area contributed by atoms with Gasteiger partial charge in [0.1, 0.15) is 17.2 Å². The van der Waals surface area contributed by atoms with Gasteiger partial charge in [0.25, 0.3) is 5.91 Å². The van der Waals surface area contributed by atoms with E-state index >= 15 is 0 Å². The quantitative estimate of drug-likeness (QED) is 0.746. The van der Waals surface area contributed by atoms with Crippen molar-refractivity contribution in [1.82, 2.24) is 10.3 Å². The van der Waals surface area contributed by atoms with E-state index in [0.29, 0.717) is 30.2 Å². The molecule has 0 saturated heterocycles. The molecule has 0 radical (unpaired) electrons. The number of carbonyl (C=O) groups excluding carboxylic acids is 1. The van der Waals surface area contributed by atoms with Gasteiger partial charge in [0.2, 0.25) is 0 Å². The number of nitrogens with zero attached hydrogens (tertiary/aromatic N) is 1. The van der Waals surface area contributed by atoms with Gasteiger partial charge in [0.05, 0.1) is 12.7 Å². The fraction of sp³-hybridized carbons (Fsp3) is 0.200. The van der Waals surface area contributed by atoms with Crippen LogP contribution in [0.5, 0.6) is 5.75 Å². The van der Waals surface area contributed by atoms with Crippen LogP contribution in [0.4, 0.5) is 0 Å². The third-order valence-electron chi connectivity index (χ3n) is 3.84. The van der Waals surface area contributed by atoms with E-state index in [-0.39, 0.29) is 5.91 Å². The Balaban J connectivity index is 1.68. The molecular weight excluding hydrogens is 316 g/mol. The fourth-order valence-corrected chi connectivity index (χ4v) is 2.68. The van der Waals surface area contributed by atoms with Crippen molar-refractivity contribution in [1.29, 1.82) is 0 Å². The van der Waals surface area contributed by atoms with Gasteiger partial charge in [-0.1, -0.05) is 42.5 Å². The summed E-state index contributed by atoms with van der Waals surface area (Å²) in [6, 6.07) is 17.0. The van der Waals surface area contributed by atoms with Crippen molar-refractivity contribution in [3.63, 3.8) is 0 Å². The number of methoxy groups -OCH3 is 1. The molecule has 25 heavy (non-hydrogen) atoms. The molecule has 3 aromatic rings. The smallest absolute Gasteiger partial charge is 0.255 e. The summed E-state index contributed by atoms with van der Waals surface area (Å²) in [6.07, 6.45) is 0.561. The van der Waals surface area contributed by atoms with Crippen LogP contribution < -0.4 is 10.1 Å². The second kappa shape index (κ2) is 7.66. The molecule has 2 aromatic carbocycles. The standard InChI is InChI=1S/C20H20N2O3/c1-14-22-19(15-8-4-3-5-9-15)18(25-14)12-13-21-20(23)16-10-6-7-11-17(16)24-2/h3-11H,12-13H2,1-2H3,(H,21,23). The second-order valence-corrected chi connectivity index (χ2v) is 5.58. The van der Waals surface area contributed by atoms with Crippen LogP contribution in [0.25, 0.3) is 11.3 Å². The highest BCUT2D eigenvalue weighted by atomic mass is 16.5. The number of aryl methyl sites for hydroxylation is 1. The van der Waals surface area contributed by atoms with E-state index in [0.717, 1.165) is 17.0 Å². The number of para-hydroxylation sites is 1. The number of rotatable bonds is 6. The Hall–Kier alpha value is -3.08. The number of aromatic nitrogens is 1. The number of carbonyl (C=O) groups is 1. The average molecular weight is 336 g/mol. The first-order chi connectivity index (χ1) is 12.2. The molecule has 0 unspecified atom stereocenters. The number of hydrogen-bond acceptors (Lipinski definition) is 4.